The molecule has 0 radical (unpaired) electrons. The molecule has 1 heterocycles. The molecule has 76 valence electrons. The van der Waals surface area contributed by atoms with Gasteiger partial charge in [0.05, 0.1) is 12.7 Å². The van der Waals surface area contributed by atoms with Crippen molar-refractivity contribution in [2.24, 2.45) is 4.99 Å². The first kappa shape index (κ1) is 10.2. The van der Waals surface area contributed by atoms with E-state index < -0.39 is 0 Å². The lowest BCUT2D eigenvalue weighted by Crippen LogP contribution is -2.28. The molecule has 0 saturated heterocycles. The molecule has 0 saturated carbocycles. The smallest absolute Gasteiger partial charge is 0.232 e. The summed E-state index contributed by atoms with van der Waals surface area (Å²) >= 11 is 0. The van der Waals surface area contributed by atoms with Gasteiger partial charge in [0.2, 0.25) is 11.8 Å². The Morgan fingerprint density at radius 1 is 1.86 bits per heavy atom. The second-order valence-electron chi connectivity index (χ2n) is 2.56. The van der Waals surface area contributed by atoms with Crippen molar-refractivity contribution in [1.82, 2.24) is 10.2 Å². The largest absolute Gasteiger partial charge is 0.455 e. The molecule has 0 aliphatic carbocycles. The number of hydrogen-bond acceptors (Lipinski definition) is 5. The van der Waals surface area contributed by atoms with E-state index in [0.29, 0.717) is 18.9 Å². The molecule has 1 rings (SSSR count). The standard InChI is InChI=1S/C8H11N3O3/c1-7(13)11(2-3-12)5-10-8-4-9-6-14-8/h3-5,9H,2,6H2,1H3/b10-5-. The van der Waals surface area contributed by atoms with E-state index in [4.69, 9.17) is 4.74 Å². The van der Waals surface area contributed by atoms with Crippen LogP contribution in [-0.4, -0.2) is 36.7 Å². The van der Waals surface area contributed by atoms with Gasteiger partial charge in [-0.3, -0.25) is 9.69 Å². The first-order chi connectivity index (χ1) is 6.74. The van der Waals surface area contributed by atoms with Crippen LogP contribution in [0.2, 0.25) is 0 Å². The van der Waals surface area contributed by atoms with Crippen molar-refractivity contribution in [3.8, 4) is 0 Å². The molecular formula is C8H11N3O3. The highest BCUT2D eigenvalue weighted by atomic mass is 16.5. The zero-order valence-corrected chi connectivity index (χ0v) is 7.77. The van der Waals surface area contributed by atoms with Crippen LogP contribution in [-0.2, 0) is 14.3 Å². The number of aldehydes is 1. The quantitative estimate of drug-likeness (QED) is 0.372. The molecule has 6 heteroatoms. The minimum atomic E-state index is -0.243. The Morgan fingerprint density at radius 3 is 3.14 bits per heavy atom. The summed E-state index contributed by atoms with van der Waals surface area (Å²) in [5.74, 6) is 0.148. The molecular weight excluding hydrogens is 186 g/mol. The van der Waals surface area contributed by atoms with E-state index in [2.05, 4.69) is 10.3 Å². The predicted octanol–water partition coefficient (Wildman–Crippen LogP) is -0.562. The van der Waals surface area contributed by atoms with Gasteiger partial charge in [0.1, 0.15) is 12.6 Å². The highest BCUT2D eigenvalue weighted by Crippen LogP contribution is 2.01. The van der Waals surface area contributed by atoms with Gasteiger partial charge in [-0.1, -0.05) is 0 Å². The summed E-state index contributed by atoms with van der Waals surface area (Å²) in [5.41, 5.74) is 0. The van der Waals surface area contributed by atoms with Crippen LogP contribution in [0.3, 0.4) is 0 Å². The zero-order chi connectivity index (χ0) is 10.4. The van der Waals surface area contributed by atoms with E-state index in [-0.39, 0.29) is 12.5 Å². The summed E-state index contributed by atoms with van der Waals surface area (Å²) in [7, 11) is 0. The van der Waals surface area contributed by atoms with Crippen LogP contribution in [0.1, 0.15) is 6.92 Å². The molecule has 1 amide bonds. The maximum Gasteiger partial charge on any atom is 0.232 e. The molecule has 0 atom stereocenters. The van der Waals surface area contributed by atoms with E-state index in [1.165, 1.54) is 18.2 Å². The summed E-state index contributed by atoms with van der Waals surface area (Å²) < 4.78 is 4.99. The lowest BCUT2D eigenvalue weighted by Gasteiger charge is -2.10. The molecule has 1 aliphatic heterocycles. The molecule has 14 heavy (non-hydrogen) atoms. The molecule has 0 fully saturated rings. The van der Waals surface area contributed by atoms with Crippen molar-refractivity contribution < 1.29 is 14.3 Å². The van der Waals surface area contributed by atoms with Crippen molar-refractivity contribution in [3.63, 3.8) is 0 Å². The van der Waals surface area contributed by atoms with Gasteiger partial charge in [0.15, 0.2) is 6.73 Å². The molecule has 1 N–H and O–H groups in total. The second kappa shape index (κ2) is 5.00. The minimum Gasteiger partial charge on any atom is -0.455 e. The highest BCUT2D eigenvalue weighted by molar-refractivity contribution is 5.88. The van der Waals surface area contributed by atoms with Crippen LogP contribution in [0.5, 0.6) is 0 Å². The third kappa shape index (κ3) is 2.89. The average Bonchev–Trinajstić information content (AvgIpc) is 2.64. The normalized spacial score (nSPS) is 14.5. The van der Waals surface area contributed by atoms with Crippen LogP contribution < -0.4 is 5.32 Å². The Bertz CT molecular complexity index is 286. The number of nitrogens with one attached hydrogen (secondary N) is 1. The Kier molecular flexibility index (Phi) is 3.66. The van der Waals surface area contributed by atoms with Crippen LogP contribution in [0.4, 0.5) is 0 Å². The first-order valence-electron chi connectivity index (χ1n) is 4.05. The maximum absolute atomic E-state index is 10.9. The summed E-state index contributed by atoms with van der Waals surface area (Å²) in [6.07, 6.45) is 3.49. The van der Waals surface area contributed by atoms with Gasteiger partial charge in [-0.25, -0.2) is 4.99 Å². The average molecular weight is 197 g/mol. The minimum absolute atomic E-state index is 0.000454. The molecule has 0 aromatic carbocycles. The van der Waals surface area contributed by atoms with E-state index in [9.17, 15) is 9.59 Å². The summed E-state index contributed by atoms with van der Waals surface area (Å²) in [4.78, 5) is 26.2. The van der Waals surface area contributed by atoms with Crippen LogP contribution in [0.25, 0.3) is 0 Å². The third-order valence-electron chi connectivity index (χ3n) is 1.53. The molecule has 6 nitrogen and oxygen atoms in total. The third-order valence-corrected chi connectivity index (χ3v) is 1.53. The van der Waals surface area contributed by atoms with Crippen LogP contribution in [0, 0.1) is 0 Å². The number of rotatable bonds is 4. The first-order valence-corrected chi connectivity index (χ1v) is 4.05. The summed E-state index contributed by atoms with van der Waals surface area (Å²) in [6.45, 7) is 1.73. The Hall–Kier alpha value is -1.85. The number of nitrogens with zero attached hydrogens (tertiary/aromatic N) is 2. The number of hydrogen-bond donors (Lipinski definition) is 1. The number of carbonyl (C=O) groups excluding carboxylic acids is 2. The van der Waals surface area contributed by atoms with Gasteiger partial charge in [-0.15, -0.1) is 0 Å². The van der Waals surface area contributed by atoms with Crippen molar-refractivity contribution in [1.29, 1.82) is 0 Å². The van der Waals surface area contributed by atoms with Crippen molar-refractivity contribution in [3.05, 3.63) is 12.1 Å². The van der Waals surface area contributed by atoms with E-state index in [0.717, 1.165) is 0 Å². The van der Waals surface area contributed by atoms with Crippen molar-refractivity contribution >= 4 is 18.5 Å². The van der Waals surface area contributed by atoms with Gasteiger partial charge in [-0.05, 0) is 0 Å². The SMILES string of the molecule is CC(=O)N(/C=N\C1=CNCO1)CC=O. The zero-order valence-electron chi connectivity index (χ0n) is 7.77. The molecule has 0 aromatic heterocycles. The molecule has 1 aliphatic rings. The van der Waals surface area contributed by atoms with Gasteiger partial charge < -0.3 is 14.8 Å². The fraction of sp³-hybridized carbons (Fsp3) is 0.375. The topological polar surface area (TPSA) is 71.0 Å². The van der Waals surface area contributed by atoms with Crippen molar-refractivity contribution in [2.45, 2.75) is 6.92 Å². The monoisotopic (exact) mass is 197 g/mol. The highest BCUT2D eigenvalue weighted by Gasteiger charge is 2.06. The fourth-order valence-corrected chi connectivity index (χ4v) is 0.825. The van der Waals surface area contributed by atoms with Gasteiger partial charge in [0, 0.05) is 6.92 Å². The number of aliphatic imine (C=N–C) groups is 1. The van der Waals surface area contributed by atoms with E-state index in [1.807, 2.05) is 0 Å². The Balaban J connectivity index is 2.53. The fourth-order valence-electron chi connectivity index (χ4n) is 0.825. The molecule has 0 bridgehead atoms. The summed E-state index contributed by atoms with van der Waals surface area (Å²) in [6, 6.07) is 0. The van der Waals surface area contributed by atoms with Gasteiger partial charge in [-0.2, -0.15) is 0 Å². The maximum atomic E-state index is 10.9. The number of carbonyl (C=O) groups is 2. The summed E-state index contributed by atoms with van der Waals surface area (Å²) in [5, 5.41) is 2.79. The van der Waals surface area contributed by atoms with Gasteiger partial charge >= 0.3 is 0 Å². The lowest BCUT2D eigenvalue weighted by atomic mass is 10.5. The van der Waals surface area contributed by atoms with Crippen LogP contribution in [0.15, 0.2) is 17.1 Å². The lowest BCUT2D eigenvalue weighted by molar-refractivity contribution is -0.126. The van der Waals surface area contributed by atoms with Crippen LogP contribution >= 0.6 is 0 Å². The number of ether oxygens (including phenoxy) is 1. The molecule has 0 aromatic rings. The van der Waals surface area contributed by atoms with E-state index in [1.54, 1.807) is 6.20 Å². The predicted molar refractivity (Wildman–Crippen MR) is 49.1 cm³/mol. The number of amides is 1. The van der Waals surface area contributed by atoms with Crippen molar-refractivity contribution in [2.75, 3.05) is 13.3 Å². The molecule has 0 unspecified atom stereocenters. The Morgan fingerprint density at radius 2 is 2.64 bits per heavy atom. The second-order valence-corrected chi connectivity index (χ2v) is 2.56. The van der Waals surface area contributed by atoms with E-state index >= 15 is 0 Å². The molecule has 0 spiro atoms. The Labute approximate surface area is 81.2 Å². The van der Waals surface area contributed by atoms with Gasteiger partial charge in [0.25, 0.3) is 0 Å².